The molecular weight excluding hydrogens is 256 g/mol. The van der Waals surface area contributed by atoms with Gasteiger partial charge in [-0.2, -0.15) is 0 Å². The van der Waals surface area contributed by atoms with Crippen molar-refractivity contribution in [2.45, 2.75) is 19.0 Å². The van der Waals surface area contributed by atoms with Crippen molar-refractivity contribution in [1.82, 2.24) is 10.6 Å². The summed E-state index contributed by atoms with van der Waals surface area (Å²) in [6, 6.07) is 7.80. The third kappa shape index (κ3) is 2.38. The van der Waals surface area contributed by atoms with Crippen LogP contribution in [0.4, 0.5) is 0 Å². The number of rotatable bonds is 1. The molecule has 0 saturated carbocycles. The predicted molar refractivity (Wildman–Crippen MR) is 62.5 cm³/mol. The van der Waals surface area contributed by atoms with Crippen LogP contribution in [0.2, 0.25) is 0 Å². The van der Waals surface area contributed by atoms with E-state index >= 15 is 0 Å². The van der Waals surface area contributed by atoms with Crippen LogP contribution in [-0.2, 0) is 4.79 Å². The summed E-state index contributed by atoms with van der Waals surface area (Å²) in [6.07, 6.45) is 0. The van der Waals surface area contributed by atoms with Gasteiger partial charge in [0.15, 0.2) is 0 Å². The van der Waals surface area contributed by atoms with Crippen LogP contribution in [0, 0.1) is 0 Å². The zero-order valence-corrected chi connectivity index (χ0v) is 10.0. The van der Waals surface area contributed by atoms with Crippen LogP contribution < -0.4 is 10.6 Å². The molecule has 0 unspecified atom stereocenters. The van der Waals surface area contributed by atoms with Crippen LogP contribution in [-0.4, -0.2) is 18.5 Å². The van der Waals surface area contributed by atoms with Gasteiger partial charge in [0.1, 0.15) is 6.04 Å². The van der Waals surface area contributed by atoms with Gasteiger partial charge in [-0.15, -0.1) is 0 Å². The molecule has 0 radical (unpaired) electrons. The lowest BCUT2D eigenvalue weighted by Gasteiger charge is -2.28. The molecule has 1 aliphatic heterocycles. The molecule has 1 aliphatic rings. The molecule has 2 atom stereocenters. The molecule has 0 bridgehead atoms. The average Bonchev–Trinajstić information content (AvgIpc) is 2.20. The van der Waals surface area contributed by atoms with Crippen molar-refractivity contribution in [3.8, 4) is 0 Å². The van der Waals surface area contributed by atoms with Crippen LogP contribution in [0.25, 0.3) is 0 Å². The Morgan fingerprint density at radius 1 is 1.33 bits per heavy atom. The monoisotopic (exact) mass is 268 g/mol. The summed E-state index contributed by atoms with van der Waals surface area (Å²) < 4.78 is 1.02. The average molecular weight is 269 g/mol. The van der Waals surface area contributed by atoms with E-state index < -0.39 is 0 Å². The number of hydrogen-bond donors (Lipinski definition) is 2. The summed E-state index contributed by atoms with van der Waals surface area (Å²) >= 11 is 3.37. The maximum Gasteiger partial charge on any atom is 0.241 e. The molecule has 2 rings (SSSR count). The molecule has 0 spiro atoms. The van der Waals surface area contributed by atoms with Gasteiger partial charge in [-0.05, 0) is 24.6 Å². The second kappa shape index (κ2) is 4.33. The lowest BCUT2D eigenvalue weighted by Crippen LogP contribution is -2.52. The highest BCUT2D eigenvalue weighted by atomic mass is 79.9. The summed E-state index contributed by atoms with van der Waals surface area (Å²) in [5, 5.41) is 6.16. The van der Waals surface area contributed by atoms with Gasteiger partial charge in [0.25, 0.3) is 0 Å². The van der Waals surface area contributed by atoms with E-state index in [-0.39, 0.29) is 18.0 Å². The van der Waals surface area contributed by atoms with E-state index in [9.17, 15) is 4.79 Å². The van der Waals surface area contributed by atoms with E-state index in [2.05, 4.69) is 26.6 Å². The van der Waals surface area contributed by atoms with Crippen LogP contribution >= 0.6 is 15.9 Å². The first-order valence-corrected chi connectivity index (χ1v) is 5.75. The number of piperazine rings is 1. The summed E-state index contributed by atoms with van der Waals surface area (Å²) in [4.78, 5) is 11.7. The molecule has 1 aromatic carbocycles. The summed E-state index contributed by atoms with van der Waals surface area (Å²) in [5.74, 6) is 0.0519. The van der Waals surface area contributed by atoms with E-state index in [4.69, 9.17) is 0 Å². The molecule has 80 valence electrons. The van der Waals surface area contributed by atoms with Gasteiger partial charge in [-0.1, -0.05) is 28.1 Å². The molecule has 1 heterocycles. The van der Waals surface area contributed by atoms with E-state index in [1.165, 1.54) is 0 Å². The molecular formula is C11H13BrN2O. The Hall–Kier alpha value is -0.870. The largest absolute Gasteiger partial charge is 0.351 e. The fourth-order valence-corrected chi connectivity index (χ4v) is 1.95. The molecule has 0 aromatic heterocycles. The first-order chi connectivity index (χ1) is 7.16. The van der Waals surface area contributed by atoms with Crippen molar-refractivity contribution in [3.63, 3.8) is 0 Å². The third-order valence-corrected chi connectivity index (χ3v) is 3.01. The Morgan fingerprint density at radius 2 is 2.00 bits per heavy atom. The minimum Gasteiger partial charge on any atom is -0.351 e. The van der Waals surface area contributed by atoms with Gasteiger partial charge in [-0.3, -0.25) is 4.79 Å². The van der Waals surface area contributed by atoms with Crippen molar-refractivity contribution >= 4 is 21.8 Å². The second-order valence-electron chi connectivity index (χ2n) is 3.80. The van der Waals surface area contributed by atoms with Gasteiger partial charge >= 0.3 is 0 Å². The van der Waals surface area contributed by atoms with E-state index in [1.54, 1.807) is 0 Å². The maximum absolute atomic E-state index is 11.7. The molecule has 0 aliphatic carbocycles. The van der Waals surface area contributed by atoms with Crippen molar-refractivity contribution in [3.05, 3.63) is 34.3 Å². The highest BCUT2D eigenvalue weighted by Gasteiger charge is 2.26. The smallest absolute Gasteiger partial charge is 0.241 e. The molecule has 1 aromatic rings. The Bertz CT molecular complexity index is 363. The zero-order chi connectivity index (χ0) is 10.8. The summed E-state index contributed by atoms with van der Waals surface area (Å²) in [5.41, 5.74) is 1.00. The Kier molecular flexibility index (Phi) is 3.07. The first-order valence-electron chi connectivity index (χ1n) is 4.96. The fourth-order valence-electron chi connectivity index (χ4n) is 1.69. The van der Waals surface area contributed by atoms with Crippen molar-refractivity contribution in [2.75, 3.05) is 6.54 Å². The lowest BCUT2D eigenvalue weighted by atomic mass is 10.0. The Balaban J connectivity index is 2.17. The minimum absolute atomic E-state index is 0.0519. The van der Waals surface area contributed by atoms with Crippen molar-refractivity contribution in [2.24, 2.45) is 0 Å². The van der Waals surface area contributed by atoms with E-state index in [0.29, 0.717) is 0 Å². The zero-order valence-electron chi connectivity index (χ0n) is 8.46. The van der Waals surface area contributed by atoms with Gasteiger partial charge < -0.3 is 10.6 Å². The number of nitrogens with one attached hydrogen (secondary N) is 2. The Morgan fingerprint density at radius 3 is 2.60 bits per heavy atom. The van der Waals surface area contributed by atoms with E-state index in [0.717, 1.165) is 16.6 Å². The lowest BCUT2D eigenvalue weighted by molar-refractivity contribution is -0.125. The number of hydrogen-bond acceptors (Lipinski definition) is 2. The maximum atomic E-state index is 11.7. The van der Waals surface area contributed by atoms with Gasteiger partial charge in [0, 0.05) is 17.1 Å². The number of carbonyl (C=O) groups is 1. The quantitative estimate of drug-likeness (QED) is 0.813. The molecule has 3 nitrogen and oxygen atoms in total. The molecule has 2 N–H and O–H groups in total. The van der Waals surface area contributed by atoms with Gasteiger partial charge in [0.05, 0.1) is 0 Å². The normalized spacial score (nSPS) is 26.1. The molecule has 1 amide bonds. The summed E-state index contributed by atoms with van der Waals surface area (Å²) in [7, 11) is 0. The Labute approximate surface area is 97.4 Å². The molecule has 1 fully saturated rings. The molecule has 15 heavy (non-hydrogen) atoms. The standard InChI is InChI=1S/C11H13BrN2O/c1-7-6-13-10(11(15)14-7)8-2-4-9(12)5-3-8/h2-5,7,10,13H,6H2,1H3,(H,14,15)/t7-,10-/m1/s1. The number of halogens is 1. The minimum atomic E-state index is -0.214. The van der Waals surface area contributed by atoms with Crippen LogP contribution in [0.5, 0.6) is 0 Å². The summed E-state index contributed by atoms with van der Waals surface area (Å²) in [6.45, 7) is 2.80. The number of benzene rings is 1. The molecule has 4 heteroatoms. The topological polar surface area (TPSA) is 41.1 Å². The van der Waals surface area contributed by atoms with Crippen LogP contribution in [0.1, 0.15) is 18.5 Å². The third-order valence-electron chi connectivity index (χ3n) is 2.48. The first kappa shape index (κ1) is 10.6. The second-order valence-corrected chi connectivity index (χ2v) is 4.72. The number of carbonyl (C=O) groups excluding carboxylic acids is 1. The predicted octanol–water partition coefficient (Wildman–Crippen LogP) is 1.60. The number of amides is 1. The van der Waals surface area contributed by atoms with Crippen LogP contribution in [0.3, 0.4) is 0 Å². The van der Waals surface area contributed by atoms with Gasteiger partial charge in [0.2, 0.25) is 5.91 Å². The van der Waals surface area contributed by atoms with Gasteiger partial charge in [-0.25, -0.2) is 0 Å². The van der Waals surface area contributed by atoms with Crippen LogP contribution in [0.15, 0.2) is 28.7 Å². The SMILES string of the molecule is C[C@@H]1CN[C@H](c2ccc(Br)cc2)C(=O)N1. The van der Waals surface area contributed by atoms with Crippen molar-refractivity contribution < 1.29 is 4.79 Å². The van der Waals surface area contributed by atoms with E-state index in [1.807, 2.05) is 31.2 Å². The highest BCUT2D eigenvalue weighted by molar-refractivity contribution is 9.10. The molecule has 1 saturated heterocycles. The fraction of sp³-hybridized carbons (Fsp3) is 0.364. The highest BCUT2D eigenvalue weighted by Crippen LogP contribution is 2.18. The van der Waals surface area contributed by atoms with Crippen molar-refractivity contribution in [1.29, 1.82) is 0 Å².